The summed E-state index contributed by atoms with van der Waals surface area (Å²) in [5.41, 5.74) is 5.45. The second-order valence-corrected chi connectivity index (χ2v) is 10.4. The van der Waals surface area contributed by atoms with E-state index in [1.54, 1.807) is 24.3 Å². The van der Waals surface area contributed by atoms with Crippen molar-refractivity contribution < 1.29 is 26.7 Å². The first-order chi connectivity index (χ1) is 16.4. The number of halogens is 2. The first-order valence-electron chi connectivity index (χ1n) is 10.5. The van der Waals surface area contributed by atoms with Gasteiger partial charge >= 0.3 is 0 Å². The molecule has 1 heterocycles. The van der Waals surface area contributed by atoms with Crippen LogP contribution in [0.4, 0.5) is 14.5 Å². The van der Waals surface area contributed by atoms with Crippen molar-refractivity contribution in [3.63, 3.8) is 0 Å². The number of anilines is 1. The molecule has 3 N–H and O–H groups in total. The number of carbonyl (C=O) groups excluding carboxylic acids is 1. The van der Waals surface area contributed by atoms with Crippen molar-refractivity contribution in [2.45, 2.75) is 19.0 Å². The van der Waals surface area contributed by atoms with Gasteiger partial charge in [-0.15, -0.1) is 0 Å². The molecular formula is C24H26F2N4O4S. The van der Waals surface area contributed by atoms with Gasteiger partial charge in [-0.2, -0.15) is 0 Å². The van der Waals surface area contributed by atoms with Crippen LogP contribution in [0.25, 0.3) is 0 Å². The third-order valence-electron chi connectivity index (χ3n) is 5.32. The second-order valence-electron chi connectivity index (χ2n) is 8.29. The minimum Gasteiger partial charge on any atom is -0.497 e. The van der Waals surface area contributed by atoms with Crippen LogP contribution in [0.5, 0.6) is 5.75 Å². The smallest absolute Gasteiger partial charge is 0.274 e. The van der Waals surface area contributed by atoms with Crippen molar-refractivity contribution in [2.75, 3.05) is 25.2 Å². The molecule has 186 valence electrons. The molecule has 1 atom stereocenters. The van der Waals surface area contributed by atoms with Gasteiger partial charge < -0.3 is 15.8 Å². The van der Waals surface area contributed by atoms with Crippen LogP contribution in [0, 0.1) is 11.6 Å². The van der Waals surface area contributed by atoms with Crippen LogP contribution in [0.2, 0.25) is 0 Å². The molecule has 3 aromatic rings. The average Bonchev–Trinajstić information content (AvgIpc) is 2.80. The molecule has 35 heavy (non-hydrogen) atoms. The zero-order valence-corrected chi connectivity index (χ0v) is 20.3. The molecule has 0 unspecified atom stereocenters. The average molecular weight is 505 g/mol. The summed E-state index contributed by atoms with van der Waals surface area (Å²) in [5.74, 6) is -1.90. The number of nitrogens with one attached hydrogen (secondary N) is 1. The van der Waals surface area contributed by atoms with Crippen LogP contribution in [-0.2, 0) is 22.1 Å². The number of aromatic nitrogens is 1. The molecule has 0 aliphatic carbocycles. The fourth-order valence-corrected chi connectivity index (χ4v) is 4.88. The number of nitrogens with two attached hydrogens (primary N) is 1. The highest BCUT2D eigenvalue weighted by molar-refractivity contribution is 7.89. The fraction of sp³-hybridized carbons (Fsp3) is 0.250. The van der Waals surface area contributed by atoms with Gasteiger partial charge in [-0.1, -0.05) is 12.1 Å². The molecule has 0 fully saturated rings. The Morgan fingerprint density at radius 3 is 2.43 bits per heavy atom. The van der Waals surface area contributed by atoms with E-state index in [0.29, 0.717) is 5.75 Å². The highest BCUT2D eigenvalue weighted by atomic mass is 32.2. The zero-order chi connectivity index (χ0) is 25.8. The van der Waals surface area contributed by atoms with Crippen LogP contribution in [0.15, 0.2) is 60.8 Å². The Balaban J connectivity index is 1.77. The van der Waals surface area contributed by atoms with E-state index < -0.39 is 38.9 Å². The molecule has 0 aliphatic rings. The second kappa shape index (κ2) is 10.5. The molecule has 0 bridgehead atoms. The van der Waals surface area contributed by atoms with Crippen LogP contribution >= 0.6 is 0 Å². The lowest BCUT2D eigenvalue weighted by atomic mass is 9.94. The monoisotopic (exact) mass is 504 g/mol. The minimum atomic E-state index is -3.90. The van der Waals surface area contributed by atoms with E-state index in [4.69, 9.17) is 10.5 Å². The van der Waals surface area contributed by atoms with Gasteiger partial charge in [0.1, 0.15) is 23.1 Å². The van der Waals surface area contributed by atoms with Crippen molar-refractivity contribution in [1.82, 2.24) is 9.29 Å². The number of sulfonamides is 1. The Morgan fingerprint density at radius 2 is 1.83 bits per heavy atom. The molecule has 2 aromatic carbocycles. The van der Waals surface area contributed by atoms with Gasteiger partial charge in [0.2, 0.25) is 10.0 Å². The Labute approximate surface area is 202 Å². The van der Waals surface area contributed by atoms with E-state index in [0.717, 1.165) is 28.2 Å². The number of hydrogen-bond acceptors (Lipinski definition) is 6. The number of hydrogen-bond donors (Lipinski definition) is 2. The van der Waals surface area contributed by atoms with E-state index in [1.807, 2.05) is 0 Å². The summed E-state index contributed by atoms with van der Waals surface area (Å²) in [5, 5.41) is 2.53. The quantitative estimate of drug-likeness (QED) is 0.462. The van der Waals surface area contributed by atoms with Gasteiger partial charge in [-0.25, -0.2) is 26.5 Å². The van der Waals surface area contributed by atoms with Crippen LogP contribution < -0.4 is 15.8 Å². The fourth-order valence-electron chi connectivity index (χ4n) is 3.40. The Hall–Kier alpha value is -3.41. The predicted molar refractivity (Wildman–Crippen MR) is 128 cm³/mol. The van der Waals surface area contributed by atoms with Crippen molar-refractivity contribution in [1.29, 1.82) is 0 Å². The topological polar surface area (TPSA) is 115 Å². The Kier molecular flexibility index (Phi) is 7.83. The molecular weight excluding hydrogens is 478 g/mol. The zero-order valence-electron chi connectivity index (χ0n) is 19.5. The van der Waals surface area contributed by atoms with Crippen LogP contribution in [0.1, 0.15) is 28.5 Å². The molecule has 0 aliphatic heterocycles. The highest BCUT2D eigenvalue weighted by Crippen LogP contribution is 2.27. The predicted octanol–water partition coefficient (Wildman–Crippen LogP) is 3.26. The van der Waals surface area contributed by atoms with E-state index in [-0.39, 0.29) is 23.5 Å². The van der Waals surface area contributed by atoms with E-state index >= 15 is 0 Å². The van der Waals surface area contributed by atoms with E-state index in [9.17, 15) is 22.0 Å². The van der Waals surface area contributed by atoms with Crippen LogP contribution in [0.3, 0.4) is 0 Å². The minimum absolute atomic E-state index is 0.0458. The number of rotatable bonds is 9. The van der Waals surface area contributed by atoms with Gasteiger partial charge in [0, 0.05) is 24.8 Å². The molecule has 1 amide bonds. The molecule has 11 heteroatoms. The summed E-state index contributed by atoms with van der Waals surface area (Å²) >= 11 is 0. The largest absolute Gasteiger partial charge is 0.497 e. The Bertz CT molecular complexity index is 1300. The number of methoxy groups -OCH3 is 1. The van der Waals surface area contributed by atoms with E-state index in [1.165, 1.54) is 39.3 Å². The summed E-state index contributed by atoms with van der Waals surface area (Å²) in [6.07, 6.45) is 0.898. The summed E-state index contributed by atoms with van der Waals surface area (Å²) in [4.78, 5) is 16.1. The normalized spacial score (nSPS) is 13.3. The lowest BCUT2D eigenvalue weighted by molar-refractivity contribution is 0.102. The number of benzene rings is 2. The molecule has 0 saturated carbocycles. The summed E-state index contributed by atoms with van der Waals surface area (Å²) in [7, 11) is -0.953. The molecule has 0 spiro atoms. The first-order valence-corrected chi connectivity index (χ1v) is 12.1. The maximum absolute atomic E-state index is 14.7. The van der Waals surface area contributed by atoms with Crippen molar-refractivity contribution >= 4 is 21.6 Å². The third kappa shape index (κ3) is 6.59. The third-order valence-corrected chi connectivity index (χ3v) is 7.36. The molecule has 3 rings (SSSR count). The van der Waals surface area contributed by atoms with Gasteiger partial charge in [0.25, 0.3) is 5.91 Å². The maximum atomic E-state index is 14.7. The lowest BCUT2D eigenvalue weighted by Crippen LogP contribution is -2.45. The molecule has 0 radical (unpaired) electrons. The summed E-state index contributed by atoms with van der Waals surface area (Å²) < 4.78 is 60.0. The SMILES string of the molecule is COc1ccc(CN(C)S(=O)(=O)C[C@](C)(N)c2cc(NC(=O)c3ccc(F)cn3)ccc2F)cc1. The number of amides is 1. The van der Waals surface area contributed by atoms with Crippen molar-refractivity contribution in [2.24, 2.45) is 5.73 Å². The van der Waals surface area contributed by atoms with Crippen molar-refractivity contribution in [3.8, 4) is 5.75 Å². The maximum Gasteiger partial charge on any atom is 0.274 e. The summed E-state index contributed by atoms with van der Waals surface area (Å²) in [6, 6.07) is 12.9. The van der Waals surface area contributed by atoms with Gasteiger partial charge in [0.15, 0.2) is 0 Å². The van der Waals surface area contributed by atoms with Gasteiger partial charge in [0.05, 0.1) is 24.6 Å². The number of nitrogens with zero attached hydrogens (tertiary/aromatic N) is 2. The Morgan fingerprint density at radius 1 is 1.14 bits per heavy atom. The first kappa shape index (κ1) is 26.2. The van der Waals surface area contributed by atoms with E-state index in [2.05, 4.69) is 10.3 Å². The van der Waals surface area contributed by atoms with Gasteiger partial charge in [-0.05, 0) is 55.0 Å². The number of carbonyl (C=O) groups is 1. The molecule has 0 saturated heterocycles. The standard InChI is InChI=1S/C24H26F2N4O4S/c1-24(27,15-35(32,33)30(2)14-16-4-8-19(34-3)9-5-16)20-12-18(7-10-21(20)26)29-23(31)22-11-6-17(25)13-28-22/h4-13H,14-15,27H2,1-3H3,(H,29,31)/t24-/m0/s1. The van der Waals surface area contributed by atoms with Gasteiger partial charge in [-0.3, -0.25) is 4.79 Å². The number of pyridine rings is 1. The molecule has 8 nitrogen and oxygen atoms in total. The highest BCUT2D eigenvalue weighted by Gasteiger charge is 2.33. The number of ether oxygens (including phenoxy) is 1. The van der Waals surface area contributed by atoms with Crippen molar-refractivity contribution in [3.05, 3.63) is 89.2 Å². The van der Waals surface area contributed by atoms with Crippen LogP contribution in [-0.4, -0.2) is 43.5 Å². The summed E-state index contributed by atoms with van der Waals surface area (Å²) in [6.45, 7) is 1.49. The molecule has 1 aromatic heterocycles. The lowest BCUT2D eigenvalue weighted by Gasteiger charge is -2.28.